The Morgan fingerprint density at radius 1 is 1.26 bits per heavy atom. The van der Waals surface area contributed by atoms with Crippen LogP contribution in [0.5, 0.6) is 0 Å². The lowest BCUT2D eigenvalue weighted by Crippen LogP contribution is -2.22. The smallest absolute Gasteiger partial charge is 0.0481 e. The van der Waals surface area contributed by atoms with Crippen molar-refractivity contribution >= 4 is 5.69 Å². The van der Waals surface area contributed by atoms with Crippen molar-refractivity contribution in [3.8, 4) is 0 Å². The molecule has 0 radical (unpaired) electrons. The second kappa shape index (κ2) is 7.51. The highest BCUT2D eigenvalue weighted by Crippen LogP contribution is 2.21. The molecule has 106 valence electrons. The fourth-order valence-corrected chi connectivity index (χ4v) is 2.61. The quantitative estimate of drug-likeness (QED) is 0.817. The third-order valence-corrected chi connectivity index (χ3v) is 3.77. The minimum Gasteiger partial charge on any atom is -0.385 e. The lowest BCUT2D eigenvalue weighted by Gasteiger charge is -2.21. The molecule has 1 saturated heterocycles. The fraction of sp³-hybridized carbons (Fsp3) is 0.625. The summed E-state index contributed by atoms with van der Waals surface area (Å²) in [5.41, 5.74) is 2.69. The summed E-state index contributed by atoms with van der Waals surface area (Å²) in [6.07, 6.45) is 3.73. The van der Waals surface area contributed by atoms with Crippen molar-refractivity contribution in [1.29, 1.82) is 0 Å². The van der Waals surface area contributed by atoms with Crippen LogP contribution in [0, 0.1) is 0 Å². The summed E-state index contributed by atoms with van der Waals surface area (Å²) in [6.45, 7) is 6.58. The maximum absolute atomic E-state index is 5.14. The van der Waals surface area contributed by atoms with Crippen molar-refractivity contribution in [3.63, 3.8) is 0 Å². The van der Waals surface area contributed by atoms with Crippen LogP contribution >= 0.6 is 0 Å². The van der Waals surface area contributed by atoms with Gasteiger partial charge in [-0.3, -0.25) is 4.90 Å². The van der Waals surface area contributed by atoms with Crippen LogP contribution in [0.1, 0.15) is 31.7 Å². The van der Waals surface area contributed by atoms with E-state index in [9.17, 15) is 0 Å². The second-order valence-corrected chi connectivity index (χ2v) is 5.47. The van der Waals surface area contributed by atoms with Crippen molar-refractivity contribution in [2.24, 2.45) is 0 Å². The maximum atomic E-state index is 5.14. The molecule has 0 aliphatic carbocycles. The Hall–Kier alpha value is -1.06. The summed E-state index contributed by atoms with van der Waals surface area (Å²) in [7, 11) is 1.76. The van der Waals surface area contributed by atoms with Crippen molar-refractivity contribution in [2.75, 3.05) is 32.1 Å². The molecule has 0 aromatic heterocycles. The molecule has 3 heteroatoms. The molecule has 2 rings (SSSR count). The van der Waals surface area contributed by atoms with E-state index in [4.69, 9.17) is 4.74 Å². The van der Waals surface area contributed by atoms with Gasteiger partial charge in [0.25, 0.3) is 0 Å². The van der Waals surface area contributed by atoms with Gasteiger partial charge in [-0.25, -0.2) is 0 Å². The average molecular weight is 262 g/mol. The van der Waals surface area contributed by atoms with Gasteiger partial charge in [0, 0.05) is 32.0 Å². The number of rotatable bonds is 7. The molecule has 0 bridgehead atoms. The molecular weight excluding hydrogens is 236 g/mol. The van der Waals surface area contributed by atoms with Gasteiger partial charge >= 0.3 is 0 Å². The van der Waals surface area contributed by atoms with Crippen LogP contribution in [0.3, 0.4) is 0 Å². The summed E-state index contributed by atoms with van der Waals surface area (Å²) >= 11 is 0. The zero-order valence-electron chi connectivity index (χ0n) is 12.2. The van der Waals surface area contributed by atoms with E-state index in [2.05, 4.69) is 41.4 Å². The Balaban J connectivity index is 1.94. The monoisotopic (exact) mass is 262 g/mol. The predicted molar refractivity (Wildman–Crippen MR) is 80.5 cm³/mol. The van der Waals surface area contributed by atoms with Crippen LogP contribution in [0.4, 0.5) is 5.69 Å². The molecule has 1 heterocycles. The van der Waals surface area contributed by atoms with Gasteiger partial charge in [0.05, 0.1) is 0 Å². The van der Waals surface area contributed by atoms with Crippen LogP contribution in [0.15, 0.2) is 24.3 Å². The number of nitrogens with one attached hydrogen (secondary N) is 1. The third-order valence-electron chi connectivity index (χ3n) is 3.77. The summed E-state index contributed by atoms with van der Waals surface area (Å²) < 4.78 is 5.14. The number of ether oxygens (including phenoxy) is 1. The standard InChI is InChI=1S/C16H26N2O/c1-14(9-12-19-2)17-16-8-4-3-7-15(16)13-18-10-5-6-11-18/h3-4,7-8,14,17H,5-6,9-13H2,1-2H3. The molecule has 19 heavy (non-hydrogen) atoms. The summed E-state index contributed by atoms with van der Waals surface area (Å²) in [5.74, 6) is 0. The molecule has 3 nitrogen and oxygen atoms in total. The first-order valence-electron chi connectivity index (χ1n) is 7.35. The van der Waals surface area contributed by atoms with E-state index in [1.165, 1.54) is 37.2 Å². The van der Waals surface area contributed by atoms with Crippen molar-refractivity contribution < 1.29 is 4.74 Å². The van der Waals surface area contributed by atoms with E-state index in [1.807, 2.05) is 0 Å². The average Bonchev–Trinajstić information content (AvgIpc) is 2.91. The van der Waals surface area contributed by atoms with Gasteiger partial charge in [-0.15, -0.1) is 0 Å². The highest BCUT2D eigenvalue weighted by molar-refractivity contribution is 5.51. The maximum Gasteiger partial charge on any atom is 0.0481 e. The van der Waals surface area contributed by atoms with Gasteiger partial charge in [-0.1, -0.05) is 18.2 Å². The summed E-state index contributed by atoms with van der Waals surface area (Å²) in [6, 6.07) is 9.12. The van der Waals surface area contributed by atoms with E-state index >= 15 is 0 Å². The first-order valence-corrected chi connectivity index (χ1v) is 7.35. The Kier molecular flexibility index (Phi) is 5.67. The van der Waals surface area contributed by atoms with Gasteiger partial charge in [0.2, 0.25) is 0 Å². The number of nitrogens with zero attached hydrogens (tertiary/aromatic N) is 1. The molecular formula is C16H26N2O. The normalized spacial score (nSPS) is 17.6. The first-order chi connectivity index (χ1) is 9.29. The highest BCUT2D eigenvalue weighted by atomic mass is 16.5. The van der Waals surface area contributed by atoms with Crippen LogP contribution in [0.2, 0.25) is 0 Å². The topological polar surface area (TPSA) is 24.5 Å². The van der Waals surface area contributed by atoms with Crippen LogP contribution in [-0.2, 0) is 11.3 Å². The molecule has 1 aliphatic heterocycles. The van der Waals surface area contributed by atoms with Gasteiger partial charge < -0.3 is 10.1 Å². The van der Waals surface area contributed by atoms with Crippen LogP contribution in [0.25, 0.3) is 0 Å². The van der Waals surface area contributed by atoms with Gasteiger partial charge in [0.15, 0.2) is 0 Å². The summed E-state index contributed by atoms with van der Waals surface area (Å²) in [5, 5.41) is 3.61. The molecule has 1 N–H and O–H groups in total. The molecule has 1 aromatic rings. The molecule has 1 aliphatic rings. The predicted octanol–water partition coefficient (Wildman–Crippen LogP) is 3.12. The lowest BCUT2D eigenvalue weighted by molar-refractivity contribution is 0.191. The number of likely N-dealkylation sites (tertiary alicyclic amines) is 1. The minimum atomic E-state index is 0.444. The molecule has 1 aromatic carbocycles. The Labute approximate surface area is 116 Å². The largest absolute Gasteiger partial charge is 0.385 e. The Morgan fingerprint density at radius 3 is 2.74 bits per heavy atom. The number of anilines is 1. The van der Waals surface area contributed by atoms with Crippen molar-refractivity contribution in [3.05, 3.63) is 29.8 Å². The Morgan fingerprint density at radius 2 is 2.00 bits per heavy atom. The van der Waals surface area contributed by atoms with Gasteiger partial charge in [-0.05, 0) is 50.9 Å². The Bertz CT molecular complexity index is 375. The number of methoxy groups -OCH3 is 1. The molecule has 0 amide bonds. The van der Waals surface area contributed by atoms with E-state index in [-0.39, 0.29) is 0 Å². The van der Waals surface area contributed by atoms with Gasteiger partial charge in [0.1, 0.15) is 0 Å². The number of benzene rings is 1. The number of para-hydroxylation sites is 1. The highest BCUT2D eigenvalue weighted by Gasteiger charge is 2.14. The minimum absolute atomic E-state index is 0.444. The first kappa shape index (κ1) is 14.4. The SMILES string of the molecule is COCCC(C)Nc1ccccc1CN1CCCC1. The second-order valence-electron chi connectivity index (χ2n) is 5.47. The zero-order valence-corrected chi connectivity index (χ0v) is 12.2. The molecule has 1 atom stereocenters. The molecule has 1 fully saturated rings. The lowest BCUT2D eigenvalue weighted by atomic mass is 10.1. The third kappa shape index (κ3) is 4.51. The molecule has 0 saturated carbocycles. The molecule has 0 spiro atoms. The molecule has 1 unspecified atom stereocenters. The van der Waals surface area contributed by atoms with Crippen molar-refractivity contribution in [2.45, 2.75) is 38.8 Å². The summed E-state index contributed by atoms with van der Waals surface area (Å²) in [4.78, 5) is 2.54. The van der Waals surface area contributed by atoms with Crippen LogP contribution in [-0.4, -0.2) is 37.7 Å². The van der Waals surface area contributed by atoms with Crippen molar-refractivity contribution in [1.82, 2.24) is 4.90 Å². The number of hydrogen-bond donors (Lipinski definition) is 1. The van der Waals surface area contributed by atoms with Gasteiger partial charge in [-0.2, -0.15) is 0 Å². The number of hydrogen-bond acceptors (Lipinski definition) is 3. The zero-order chi connectivity index (χ0) is 13.5. The van der Waals surface area contributed by atoms with E-state index in [0.717, 1.165) is 19.6 Å². The fourth-order valence-electron chi connectivity index (χ4n) is 2.61. The van der Waals surface area contributed by atoms with E-state index in [1.54, 1.807) is 7.11 Å². The van der Waals surface area contributed by atoms with Crippen LogP contribution < -0.4 is 5.32 Å². The van der Waals surface area contributed by atoms with E-state index < -0.39 is 0 Å². The van der Waals surface area contributed by atoms with E-state index in [0.29, 0.717) is 6.04 Å².